The quantitative estimate of drug-likeness (QED) is 0.865. The Labute approximate surface area is 108 Å². The van der Waals surface area contributed by atoms with E-state index in [0.29, 0.717) is 12.8 Å². The van der Waals surface area contributed by atoms with Crippen molar-refractivity contribution in [1.82, 2.24) is 0 Å². The first-order chi connectivity index (χ1) is 8.39. The van der Waals surface area contributed by atoms with Crippen LogP contribution in [0, 0.1) is 0 Å². The highest BCUT2D eigenvalue weighted by molar-refractivity contribution is 6.33. The maximum Gasteiger partial charge on any atom is 0.418 e. The van der Waals surface area contributed by atoms with Gasteiger partial charge in [0.25, 0.3) is 0 Å². The fourth-order valence-electron chi connectivity index (χ4n) is 2.20. The number of hydrogen-bond donors (Lipinski definition) is 2. The van der Waals surface area contributed by atoms with E-state index in [9.17, 15) is 18.3 Å². The lowest BCUT2D eigenvalue weighted by atomic mass is 10.1. The number of alkyl halides is 3. The van der Waals surface area contributed by atoms with Crippen LogP contribution in [-0.4, -0.2) is 17.3 Å². The Kier molecular flexibility index (Phi) is 3.73. The van der Waals surface area contributed by atoms with Gasteiger partial charge in [-0.2, -0.15) is 13.2 Å². The second kappa shape index (κ2) is 4.97. The van der Waals surface area contributed by atoms with Crippen molar-refractivity contribution in [1.29, 1.82) is 0 Å². The van der Waals surface area contributed by atoms with Crippen molar-refractivity contribution in [3.63, 3.8) is 0 Å². The molecule has 2 nitrogen and oxygen atoms in total. The second-order valence-corrected chi connectivity index (χ2v) is 4.82. The molecule has 18 heavy (non-hydrogen) atoms. The number of anilines is 1. The van der Waals surface area contributed by atoms with Gasteiger partial charge in [0.1, 0.15) is 0 Å². The van der Waals surface area contributed by atoms with Crippen molar-refractivity contribution >= 4 is 17.3 Å². The molecule has 1 aliphatic carbocycles. The molecular weight excluding hydrogens is 267 g/mol. The molecular formula is C12H13ClF3NO. The molecule has 0 bridgehead atoms. The van der Waals surface area contributed by atoms with E-state index in [0.717, 1.165) is 12.5 Å². The maximum absolute atomic E-state index is 12.8. The topological polar surface area (TPSA) is 32.3 Å². The number of benzene rings is 1. The van der Waals surface area contributed by atoms with Gasteiger partial charge in [-0.05, 0) is 31.4 Å². The lowest BCUT2D eigenvalue weighted by Gasteiger charge is -2.22. The van der Waals surface area contributed by atoms with E-state index < -0.39 is 17.8 Å². The summed E-state index contributed by atoms with van der Waals surface area (Å²) in [4.78, 5) is 0. The lowest BCUT2D eigenvalue weighted by Crippen LogP contribution is -2.29. The Hall–Kier alpha value is -0.940. The zero-order chi connectivity index (χ0) is 13.3. The van der Waals surface area contributed by atoms with Crippen LogP contribution in [0.3, 0.4) is 0 Å². The predicted octanol–water partition coefficient (Wildman–Crippen LogP) is 3.68. The van der Waals surface area contributed by atoms with Crippen LogP contribution in [0.1, 0.15) is 24.8 Å². The molecule has 0 aromatic heterocycles. The number of aliphatic hydroxyl groups excluding tert-OH is 1. The van der Waals surface area contributed by atoms with Crippen molar-refractivity contribution in [3.05, 3.63) is 28.8 Å². The summed E-state index contributed by atoms with van der Waals surface area (Å²) >= 11 is 5.82. The van der Waals surface area contributed by atoms with Crippen molar-refractivity contribution in [3.8, 4) is 0 Å². The van der Waals surface area contributed by atoms with E-state index in [1.54, 1.807) is 0 Å². The van der Waals surface area contributed by atoms with Crippen molar-refractivity contribution < 1.29 is 18.3 Å². The number of hydrogen-bond acceptors (Lipinski definition) is 2. The molecule has 0 amide bonds. The molecule has 1 saturated carbocycles. The van der Waals surface area contributed by atoms with Crippen LogP contribution in [0.4, 0.5) is 18.9 Å². The van der Waals surface area contributed by atoms with Gasteiger partial charge in [0, 0.05) is 0 Å². The van der Waals surface area contributed by atoms with Crippen molar-refractivity contribution in [2.45, 2.75) is 37.6 Å². The van der Waals surface area contributed by atoms with E-state index in [-0.39, 0.29) is 16.8 Å². The van der Waals surface area contributed by atoms with E-state index in [1.165, 1.54) is 12.1 Å². The van der Waals surface area contributed by atoms with Crippen LogP contribution in [0.2, 0.25) is 5.02 Å². The molecule has 0 saturated heterocycles. The highest BCUT2D eigenvalue weighted by atomic mass is 35.5. The smallest absolute Gasteiger partial charge is 0.391 e. The molecule has 1 aliphatic rings. The average Bonchev–Trinajstić information content (AvgIpc) is 2.66. The highest BCUT2D eigenvalue weighted by Crippen LogP contribution is 2.39. The summed E-state index contributed by atoms with van der Waals surface area (Å²) in [5.74, 6) is 0. The first kappa shape index (κ1) is 13.5. The monoisotopic (exact) mass is 279 g/mol. The minimum Gasteiger partial charge on any atom is -0.391 e. The van der Waals surface area contributed by atoms with Crippen molar-refractivity contribution in [2.24, 2.45) is 0 Å². The second-order valence-electron chi connectivity index (χ2n) is 4.41. The van der Waals surface area contributed by atoms with Crippen molar-refractivity contribution in [2.75, 3.05) is 5.32 Å². The summed E-state index contributed by atoms with van der Waals surface area (Å²) in [6, 6.07) is 3.28. The van der Waals surface area contributed by atoms with Crippen LogP contribution in [0.15, 0.2) is 18.2 Å². The lowest BCUT2D eigenvalue weighted by molar-refractivity contribution is -0.137. The molecule has 2 rings (SSSR count). The first-order valence-electron chi connectivity index (χ1n) is 5.70. The SMILES string of the molecule is O[C@H]1CCC[C@@H]1Nc1c(Cl)cccc1C(F)(F)F. The molecule has 6 heteroatoms. The molecule has 0 spiro atoms. The van der Waals surface area contributed by atoms with Gasteiger partial charge >= 0.3 is 6.18 Å². The van der Waals surface area contributed by atoms with Gasteiger partial charge in [-0.1, -0.05) is 17.7 Å². The number of halogens is 4. The van der Waals surface area contributed by atoms with E-state index in [2.05, 4.69) is 5.32 Å². The van der Waals surface area contributed by atoms with Gasteiger partial charge in [0.15, 0.2) is 0 Å². The fourth-order valence-corrected chi connectivity index (χ4v) is 2.43. The van der Waals surface area contributed by atoms with Crippen LogP contribution >= 0.6 is 11.6 Å². The number of nitrogens with one attached hydrogen (secondary N) is 1. The average molecular weight is 280 g/mol. The molecule has 0 radical (unpaired) electrons. The Morgan fingerprint density at radius 1 is 1.28 bits per heavy atom. The minimum absolute atomic E-state index is 0.0175. The van der Waals surface area contributed by atoms with Gasteiger partial charge < -0.3 is 10.4 Å². The molecule has 0 heterocycles. The largest absolute Gasteiger partial charge is 0.418 e. The predicted molar refractivity (Wildman–Crippen MR) is 63.7 cm³/mol. The molecule has 1 aromatic carbocycles. The summed E-state index contributed by atoms with van der Waals surface area (Å²) in [7, 11) is 0. The van der Waals surface area contributed by atoms with Crippen LogP contribution in [0.5, 0.6) is 0 Å². The highest BCUT2D eigenvalue weighted by Gasteiger charge is 2.36. The van der Waals surface area contributed by atoms with Gasteiger partial charge in [-0.25, -0.2) is 0 Å². The molecule has 2 atom stereocenters. The molecule has 0 unspecified atom stereocenters. The summed E-state index contributed by atoms with van der Waals surface area (Å²) in [6.45, 7) is 0. The molecule has 2 N–H and O–H groups in total. The van der Waals surface area contributed by atoms with Crippen LogP contribution < -0.4 is 5.32 Å². The third-order valence-electron chi connectivity index (χ3n) is 3.13. The Bertz CT molecular complexity index is 436. The zero-order valence-corrected chi connectivity index (χ0v) is 10.2. The minimum atomic E-state index is -4.46. The van der Waals surface area contributed by atoms with Crippen LogP contribution in [-0.2, 0) is 6.18 Å². The molecule has 1 aromatic rings. The van der Waals surface area contributed by atoms with Gasteiger partial charge in [-0.3, -0.25) is 0 Å². The van der Waals surface area contributed by atoms with Gasteiger partial charge in [0.05, 0.1) is 28.4 Å². The first-order valence-corrected chi connectivity index (χ1v) is 6.07. The molecule has 0 aliphatic heterocycles. The summed E-state index contributed by atoms with van der Waals surface area (Å²) in [5, 5.41) is 12.4. The Balaban J connectivity index is 2.31. The standard InChI is InChI=1S/C12H13ClF3NO/c13-8-4-1-3-7(12(14,15)16)11(8)17-9-5-2-6-10(9)18/h1,3-4,9-10,17-18H,2,5-6H2/t9-,10-/m0/s1. The summed E-state index contributed by atoms with van der Waals surface area (Å²) in [5.41, 5.74) is -0.938. The Morgan fingerprint density at radius 3 is 2.56 bits per heavy atom. The number of rotatable bonds is 2. The third kappa shape index (κ3) is 2.72. The van der Waals surface area contributed by atoms with Gasteiger partial charge in [-0.15, -0.1) is 0 Å². The number of para-hydroxylation sites is 1. The molecule has 1 fully saturated rings. The molecule has 100 valence electrons. The zero-order valence-electron chi connectivity index (χ0n) is 9.47. The third-order valence-corrected chi connectivity index (χ3v) is 3.44. The fraction of sp³-hybridized carbons (Fsp3) is 0.500. The normalized spacial score (nSPS) is 24.3. The van der Waals surface area contributed by atoms with E-state index in [4.69, 9.17) is 11.6 Å². The van der Waals surface area contributed by atoms with E-state index >= 15 is 0 Å². The van der Waals surface area contributed by atoms with E-state index in [1.807, 2.05) is 0 Å². The Morgan fingerprint density at radius 2 is 2.00 bits per heavy atom. The maximum atomic E-state index is 12.8. The van der Waals surface area contributed by atoms with Crippen LogP contribution in [0.25, 0.3) is 0 Å². The summed E-state index contributed by atoms with van der Waals surface area (Å²) in [6.07, 6.45) is -3.04. The van der Waals surface area contributed by atoms with Gasteiger partial charge in [0.2, 0.25) is 0 Å². The summed E-state index contributed by atoms with van der Waals surface area (Å²) < 4.78 is 38.5. The number of aliphatic hydroxyl groups is 1.